The van der Waals surface area contributed by atoms with Gasteiger partial charge in [-0.1, -0.05) is 0 Å². The molecule has 1 atom stereocenters. The van der Waals surface area contributed by atoms with Gasteiger partial charge >= 0.3 is 5.97 Å². The van der Waals surface area contributed by atoms with Gasteiger partial charge in [0, 0.05) is 14.1 Å². The predicted octanol–water partition coefficient (Wildman–Crippen LogP) is -0.310. The van der Waals surface area contributed by atoms with Crippen molar-refractivity contribution in [2.24, 2.45) is 5.41 Å². The van der Waals surface area contributed by atoms with Gasteiger partial charge in [0.15, 0.2) is 0 Å². The van der Waals surface area contributed by atoms with Crippen LogP contribution in [0.3, 0.4) is 0 Å². The molecule has 0 aliphatic heterocycles. The fourth-order valence-corrected chi connectivity index (χ4v) is 0.923. The summed E-state index contributed by atoms with van der Waals surface area (Å²) in [5, 5.41) is 11.2. The molecule has 0 bridgehead atoms. The molecule has 16 heavy (non-hydrogen) atoms. The van der Waals surface area contributed by atoms with Crippen molar-refractivity contribution in [2.75, 3.05) is 14.1 Å². The number of carbonyl (C=O) groups is 3. The molecular formula is C10H18N2O4. The van der Waals surface area contributed by atoms with Crippen molar-refractivity contribution < 1.29 is 19.5 Å². The third kappa shape index (κ3) is 3.22. The molecule has 0 aromatic heterocycles. The Labute approximate surface area is 94.6 Å². The highest BCUT2D eigenvalue weighted by molar-refractivity contribution is 6.02. The maximum atomic E-state index is 11.6. The van der Waals surface area contributed by atoms with E-state index in [4.69, 9.17) is 5.11 Å². The third-order valence-corrected chi connectivity index (χ3v) is 2.26. The van der Waals surface area contributed by atoms with E-state index in [-0.39, 0.29) is 5.91 Å². The second kappa shape index (κ2) is 4.96. The maximum absolute atomic E-state index is 11.6. The van der Waals surface area contributed by atoms with Crippen LogP contribution in [0.5, 0.6) is 0 Å². The Hall–Kier alpha value is -1.59. The van der Waals surface area contributed by atoms with Crippen molar-refractivity contribution in [3.63, 3.8) is 0 Å². The van der Waals surface area contributed by atoms with Crippen molar-refractivity contribution >= 4 is 17.8 Å². The van der Waals surface area contributed by atoms with E-state index in [0.717, 1.165) is 0 Å². The number of carboxylic acids is 1. The van der Waals surface area contributed by atoms with Crippen molar-refractivity contribution in [1.29, 1.82) is 0 Å². The minimum absolute atomic E-state index is 0.283. The fourth-order valence-electron chi connectivity index (χ4n) is 0.923. The number of carboxylic acid groups (broad SMARTS) is 1. The number of rotatable bonds is 4. The summed E-state index contributed by atoms with van der Waals surface area (Å²) >= 11 is 0. The van der Waals surface area contributed by atoms with Crippen LogP contribution in [0, 0.1) is 5.41 Å². The largest absolute Gasteiger partial charge is 0.480 e. The highest BCUT2D eigenvalue weighted by Gasteiger charge is 2.37. The van der Waals surface area contributed by atoms with Gasteiger partial charge in [-0.15, -0.1) is 0 Å². The van der Waals surface area contributed by atoms with Crippen LogP contribution in [-0.2, 0) is 14.4 Å². The normalized spacial score (nSPS) is 12.8. The van der Waals surface area contributed by atoms with E-state index >= 15 is 0 Å². The zero-order valence-corrected chi connectivity index (χ0v) is 10.2. The molecule has 0 radical (unpaired) electrons. The van der Waals surface area contributed by atoms with E-state index in [2.05, 4.69) is 5.32 Å². The lowest BCUT2D eigenvalue weighted by molar-refractivity contribution is -0.154. The lowest BCUT2D eigenvalue weighted by atomic mass is 9.92. The summed E-state index contributed by atoms with van der Waals surface area (Å²) < 4.78 is 0. The number of aliphatic carboxylic acids is 1. The third-order valence-electron chi connectivity index (χ3n) is 2.26. The van der Waals surface area contributed by atoms with Gasteiger partial charge in [0.25, 0.3) is 0 Å². The second-order valence-corrected chi connectivity index (χ2v) is 4.36. The second-order valence-electron chi connectivity index (χ2n) is 4.36. The summed E-state index contributed by atoms with van der Waals surface area (Å²) in [4.78, 5) is 35.1. The molecule has 0 aromatic rings. The number of amides is 2. The van der Waals surface area contributed by atoms with Crippen molar-refractivity contribution in [3.05, 3.63) is 0 Å². The van der Waals surface area contributed by atoms with Crippen LogP contribution in [0.4, 0.5) is 0 Å². The average Bonchev–Trinajstić information content (AvgIpc) is 2.15. The van der Waals surface area contributed by atoms with Crippen LogP contribution in [0.25, 0.3) is 0 Å². The minimum atomic E-state index is -1.54. The van der Waals surface area contributed by atoms with Gasteiger partial charge in [0.1, 0.15) is 11.5 Å². The smallest absolute Gasteiger partial charge is 0.318 e. The molecule has 1 unspecified atom stereocenters. The average molecular weight is 230 g/mol. The summed E-state index contributed by atoms with van der Waals surface area (Å²) in [6.07, 6.45) is 0. The molecule has 0 rings (SSSR count). The lowest BCUT2D eigenvalue weighted by Gasteiger charge is -2.23. The molecule has 6 nitrogen and oxygen atoms in total. The predicted molar refractivity (Wildman–Crippen MR) is 57.7 cm³/mol. The molecule has 2 N–H and O–H groups in total. The highest BCUT2D eigenvalue weighted by Crippen LogP contribution is 2.15. The first-order valence-electron chi connectivity index (χ1n) is 4.86. The van der Waals surface area contributed by atoms with Gasteiger partial charge in [-0.2, -0.15) is 0 Å². The van der Waals surface area contributed by atoms with E-state index in [0.29, 0.717) is 0 Å². The van der Waals surface area contributed by atoms with Gasteiger partial charge < -0.3 is 15.3 Å². The number of hydrogen-bond donors (Lipinski definition) is 2. The Morgan fingerprint density at radius 1 is 1.25 bits per heavy atom. The Balaban J connectivity index is 4.59. The van der Waals surface area contributed by atoms with Crippen LogP contribution in [-0.4, -0.2) is 47.9 Å². The van der Waals surface area contributed by atoms with E-state index < -0.39 is 23.3 Å². The van der Waals surface area contributed by atoms with Gasteiger partial charge in [-0.25, -0.2) is 0 Å². The number of nitrogens with zero attached hydrogens (tertiary/aromatic N) is 1. The first kappa shape index (κ1) is 14.4. The minimum Gasteiger partial charge on any atom is -0.480 e. The number of likely N-dealkylation sites (N-methyl/N-ethyl adjacent to an activating group) is 1. The topological polar surface area (TPSA) is 86.7 Å². The van der Waals surface area contributed by atoms with E-state index in [1.807, 2.05) is 0 Å². The summed E-state index contributed by atoms with van der Waals surface area (Å²) in [5.41, 5.74) is -1.54. The molecule has 92 valence electrons. The van der Waals surface area contributed by atoms with E-state index in [1.165, 1.54) is 25.7 Å². The van der Waals surface area contributed by atoms with Crippen LogP contribution in [0.2, 0.25) is 0 Å². The Morgan fingerprint density at radius 3 is 2.00 bits per heavy atom. The molecule has 0 saturated heterocycles. The van der Waals surface area contributed by atoms with Gasteiger partial charge in [-0.05, 0) is 20.8 Å². The molecule has 0 aromatic carbocycles. The van der Waals surface area contributed by atoms with Crippen molar-refractivity contribution in [2.45, 2.75) is 26.8 Å². The molecule has 0 heterocycles. The quantitative estimate of drug-likeness (QED) is 0.649. The summed E-state index contributed by atoms with van der Waals surface area (Å²) in [6, 6.07) is -0.735. The monoisotopic (exact) mass is 230 g/mol. The fraction of sp³-hybridized carbons (Fsp3) is 0.700. The Kier molecular flexibility index (Phi) is 4.47. The zero-order chi connectivity index (χ0) is 13.1. The van der Waals surface area contributed by atoms with Crippen LogP contribution >= 0.6 is 0 Å². The van der Waals surface area contributed by atoms with Crippen LogP contribution < -0.4 is 5.32 Å². The molecule has 2 amide bonds. The lowest BCUT2D eigenvalue weighted by Crippen LogP contribution is -2.50. The standard InChI is InChI=1S/C10H18N2O4/c1-6(7(13)12(4)5)11-8(14)10(2,3)9(15)16/h6H,1-5H3,(H,11,14)(H,15,16). The van der Waals surface area contributed by atoms with E-state index in [1.54, 1.807) is 14.1 Å². The molecule has 0 aliphatic carbocycles. The number of hydrogen-bond acceptors (Lipinski definition) is 3. The van der Waals surface area contributed by atoms with Crippen LogP contribution in [0.1, 0.15) is 20.8 Å². The van der Waals surface area contributed by atoms with Crippen molar-refractivity contribution in [3.8, 4) is 0 Å². The molecule has 0 fully saturated rings. The molecular weight excluding hydrogens is 212 g/mol. The Bertz CT molecular complexity index is 310. The molecule has 0 spiro atoms. The molecule has 0 saturated carbocycles. The Morgan fingerprint density at radius 2 is 1.69 bits per heavy atom. The zero-order valence-electron chi connectivity index (χ0n) is 10.2. The number of carbonyl (C=O) groups excluding carboxylic acids is 2. The van der Waals surface area contributed by atoms with E-state index in [9.17, 15) is 14.4 Å². The van der Waals surface area contributed by atoms with Gasteiger partial charge in [0.2, 0.25) is 11.8 Å². The molecule has 0 aliphatic rings. The molecule has 6 heteroatoms. The summed E-state index contributed by atoms with van der Waals surface area (Å²) in [6.45, 7) is 4.09. The highest BCUT2D eigenvalue weighted by atomic mass is 16.4. The van der Waals surface area contributed by atoms with Crippen LogP contribution in [0.15, 0.2) is 0 Å². The maximum Gasteiger partial charge on any atom is 0.318 e. The first-order valence-corrected chi connectivity index (χ1v) is 4.86. The first-order chi connectivity index (χ1) is 7.10. The SMILES string of the molecule is CC(NC(=O)C(C)(C)C(=O)O)C(=O)N(C)C. The van der Waals surface area contributed by atoms with Gasteiger partial charge in [0.05, 0.1) is 0 Å². The van der Waals surface area contributed by atoms with Crippen molar-refractivity contribution in [1.82, 2.24) is 10.2 Å². The summed E-state index contributed by atoms with van der Waals surface area (Å²) in [7, 11) is 3.13. The van der Waals surface area contributed by atoms with Gasteiger partial charge in [-0.3, -0.25) is 14.4 Å². The summed E-state index contributed by atoms with van der Waals surface area (Å²) in [5.74, 6) is -2.19. The number of nitrogens with one attached hydrogen (secondary N) is 1.